The Balaban J connectivity index is 1.65. The molecule has 0 unspecified atom stereocenters. The Hall–Kier alpha value is -3.17. The lowest BCUT2D eigenvalue weighted by Crippen LogP contribution is -1.88. The maximum atomic E-state index is 4.99. The second-order valence-electron chi connectivity index (χ2n) is 6.64. The molecule has 0 amide bonds. The van der Waals surface area contributed by atoms with Crippen LogP contribution in [0.2, 0.25) is 0 Å². The van der Waals surface area contributed by atoms with Crippen LogP contribution in [0.15, 0.2) is 89.6 Å². The van der Waals surface area contributed by atoms with Crippen LogP contribution in [0.25, 0.3) is 33.3 Å². The van der Waals surface area contributed by atoms with Crippen molar-refractivity contribution in [3.05, 3.63) is 101 Å². The van der Waals surface area contributed by atoms with Gasteiger partial charge in [0.1, 0.15) is 5.82 Å². The van der Waals surface area contributed by atoms with Crippen molar-refractivity contribution < 1.29 is 0 Å². The van der Waals surface area contributed by atoms with Gasteiger partial charge >= 0.3 is 0 Å². The average molecular weight is 366 g/mol. The van der Waals surface area contributed by atoms with E-state index in [1.165, 1.54) is 16.3 Å². The molecule has 5 aromatic rings. The largest absolute Gasteiger partial charge is 0.341 e. The molecular formula is C24H18N2S. The van der Waals surface area contributed by atoms with Crippen LogP contribution in [0.5, 0.6) is 0 Å². The first-order valence-electron chi connectivity index (χ1n) is 9.01. The third-order valence-electron chi connectivity index (χ3n) is 4.79. The average Bonchev–Trinajstić information content (AvgIpc) is 3.39. The standard InChI is InChI=1S/C24H18N2S/c1-2-7-19(8-3-1)23-24(26-22(25-23)14-17-12-13-27-16-17)21-11-10-18-6-4-5-9-20(18)15-21/h1-13,15-16H,14H2,(H,25,26). The second kappa shape index (κ2) is 6.86. The van der Waals surface area contributed by atoms with Gasteiger partial charge in [-0.2, -0.15) is 11.3 Å². The quantitative estimate of drug-likeness (QED) is 0.384. The predicted molar refractivity (Wildman–Crippen MR) is 114 cm³/mol. The number of fused-ring (bicyclic) bond motifs is 1. The van der Waals surface area contributed by atoms with Gasteiger partial charge in [0, 0.05) is 17.5 Å². The van der Waals surface area contributed by atoms with Gasteiger partial charge < -0.3 is 4.98 Å². The van der Waals surface area contributed by atoms with Gasteiger partial charge in [-0.25, -0.2) is 4.98 Å². The molecule has 3 heteroatoms. The SMILES string of the molecule is c1ccc(-c2[nH]c(Cc3ccsc3)nc2-c2ccc3ccccc3c2)cc1. The molecule has 0 atom stereocenters. The number of aromatic amines is 1. The molecule has 0 bridgehead atoms. The van der Waals surface area contributed by atoms with Crippen LogP contribution in [0.3, 0.4) is 0 Å². The van der Waals surface area contributed by atoms with Crippen molar-refractivity contribution in [2.45, 2.75) is 6.42 Å². The monoisotopic (exact) mass is 366 g/mol. The van der Waals surface area contributed by atoms with Gasteiger partial charge in [-0.05, 0) is 39.2 Å². The van der Waals surface area contributed by atoms with Gasteiger partial charge in [-0.3, -0.25) is 0 Å². The highest BCUT2D eigenvalue weighted by Gasteiger charge is 2.15. The van der Waals surface area contributed by atoms with E-state index in [1.54, 1.807) is 11.3 Å². The summed E-state index contributed by atoms with van der Waals surface area (Å²) in [4.78, 5) is 8.56. The number of imidazole rings is 1. The fourth-order valence-corrected chi connectivity index (χ4v) is 4.12. The molecule has 130 valence electrons. The Morgan fingerprint density at radius 2 is 1.59 bits per heavy atom. The zero-order valence-electron chi connectivity index (χ0n) is 14.7. The van der Waals surface area contributed by atoms with Crippen molar-refractivity contribution in [3.8, 4) is 22.5 Å². The molecule has 0 saturated heterocycles. The van der Waals surface area contributed by atoms with Gasteiger partial charge in [0.15, 0.2) is 0 Å². The summed E-state index contributed by atoms with van der Waals surface area (Å²) in [6, 6.07) is 27.6. The number of nitrogens with zero attached hydrogens (tertiary/aromatic N) is 1. The summed E-state index contributed by atoms with van der Waals surface area (Å²) in [6.07, 6.45) is 0.816. The van der Waals surface area contributed by atoms with Crippen LogP contribution in [-0.4, -0.2) is 9.97 Å². The van der Waals surface area contributed by atoms with Gasteiger partial charge in [-0.15, -0.1) is 0 Å². The second-order valence-corrected chi connectivity index (χ2v) is 7.42. The third kappa shape index (κ3) is 3.18. The lowest BCUT2D eigenvalue weighted by molar-refractivity contribution is 1.03. The van der Waals surface area contributed by atoms with Crippen molar-refractivity contribution in [3.63, 3.8) is 0 Å². The summed E-state index contributed by atoms with van der Waals surface area (Å²) < 4.78 is 0. The lowest BCUT2D eigenvalue weighted by Gasteiger charge is -2.05. The number of hydrogen-bond acceptors (Lipinski definition) is 2. The molecule has 27 heavy (non-hydrogen) atoms. The maximum Gasteiger partial charge on any atom is 0.111 e. The van der Waals surface area contributed by atoms with E-state index in [2.05, 4.69) is 88.5 Å². The summed E-state index contributed by atoms with van der Waals surface area (Å²) in [7, 11) is 0. The molecule has 5 rings (SSSR count). The summed E-state index contributed by atoms with van der Waals surface area (Å²) in [6.45, 7) is 0. The summed E-state index contributed by atoms with van der Waals surface area (Å²) >= 11 is 1.72. The first-order chi connectivity index (χ1) is 13.4. The fourth-order valence-electron chi connectivity index (χ4n) is 3.45. The highest BCUT2D eigenvalue weighted by Crippen LogP contribution is 2.32. The molecule has 0 fully saturated rings. The van der Waals surface area contributed by atoms with Gasteiger partial charge in [0.2, 0.25) is 0 Å². The molecule has 1 N–H and O–H groups in total. The highest BCUT2D eigenvalue weighted by molar-refractivity contribution is 7.07. The van der Waals surface area contributed by atoms with E-state index in [-0.39, 0.29) is 0 Å². The molecule has 3 aromatic carbocycles. The number of thiophene rings is 1. The van der Waals surface area contributed by atoms with E-state index in [0.29, 0.717) is 0 Å². The number of nitrogens with one attached hydrogen (secondary N) is 1. The number of H-pyrrole nitrogens is 1. The molecule has 0 radical (unpaired) electrons. The van der Waals surface area contributed by atoms with Gasteiger partial charge in [0.25, 0.3) is 0 Å². The summed E-state index contributed by atoms with van der Waals surface area (Å²) in [5.74, 6) is 0.996. The molecule has 0 aliphatic carbocycles. The van der Waals surface area contributed by atoms with E-state index in [1.807, 2.05) is 6.07 Å². The first kappa shape index (κ1) is 16.0. The van der Waals surface area contributed by atoms with E-state index in [0.717, 1.165) is 34.8 Å². The lowest BCUT2D eigenvalue weighted by atomic mass is 10.0. The normalized spacial score (nSPS) is 11.1. The Bertz CT molecular complexity index is 1190. The minimum absolute atomic E-state index is 0.816. The van der Waals surface area contributed by atoms with E-state index in [9.17, 15) is 0 Å². The van der Waals surface area contributed by atoms with Crippen molar-refractivity contribution in [2.24, 2.45) is 0 Å². The molecular weight excluding hydrogens is 348 g/mol. The fraction of sp³-hybridized carbons (Fsp3) is 0.0417. The minimum Gasteiger partial charge on any atom is -0.341 e. The van der Waals surface area contributed by atoms with E-state index < -0.39 is 0 Å². The van der Waals surface area contributed by atoms with E-state index >= 15 is 0 Å². The molecule has 2 nitrogen and oxygen atoms in total. The zero-order valence-corrected chi connectivity index (χ0v) is 15.5. The number of benzene rings is 3. The third-order valence-corrected chi connectivity index (χ3v) is 5.52. The van der Waals surface area contributed by atoms with Crippen molar-refractivity contribution >= 4 is 22.1 Å². The number of aromatic nitrogens is 2. The van der Waals surface area contributed by atoms with Crippen LogP contribution in [0.4, 0.5) is 0 Å². The van der Waals surface area contributed by atoms with Gasteiger partial charge in [0.05, 0.1) is 11.4 Å². The summed E-state index contributed by atoms with van der Waals surface area (Å²) in [5.41, 5.74) is 5.68. The van der Waals surface area contributed by atoms with Crippen LogP contribution in [0, 0.1) is 0 Å². The number of hydrogen-bond donors (Lipinski definition) is 1. The van der Waals surface area contributed by atoms with Crippen LogP contribution in [0.1, 0.15) is 11.4 Å². The van der Waals surface area contributed by atoms with Crippen LogP contribution in [-0.2, 0) is 6.42 Å². The Morgan fingerprint density at radius 3 is 2.41 bits per heavy atom. The van der Waals surface area contributed by atoms with Crippen molar-refractivity contribution in [1.82, 2.24) is 9.97 Å². The predicted octanol–water partition coefficient (Wildman–Crippen LogP) is 6.55. The minimum atomic E-state index is 0.816. The molecule has 0 aliphatic rings. The number of rotatable bonds is 4. The van der Waals surface area contributed by atoms with Crippen molar-refractivity contribution in [2.75, 3.05) is 0 Å². The van der Waals surface area contributed by atoms with Crippen molar-refractivity contribution in [1.29, 1.82) is 0 Å². The topological polar surface area (TPSA) is 28.7 Å². The Labute approximate surface area is 162 Å². The smallest absolute Gasteiger partial charge is 0.111 e. The van der Waals surface area contributed by atoms with E-state index in [4.69, 9.17) is 4.98 Å². The first-order valence-corrected chi connectivity index (χ1v) is 9.96. The van der Waals surface area contributed by atoms with Crippen LogP contribution >= 0.6 is 11.3 Å². The molecule has 2 aromatic heterocycles. The van der Waals surface area contributed by atoms with Crippen LogP contribution < -0.4 is 0 Å². The molecule has 0 saturated carbocycles. The Morgan fingerprint density at radius 1 is 0.778 bits per heavy atom. The molecule has 0 aliphatic heterocycles. The Kier molecular flexibility index (Phi) is 4.07. The highest BCUT2D eigenvalue weighted by atomic mass is 32.1. The maximum absolute atomic E-state index is 4.99. The molecule has 2 heterocycles. The molecule has 0 spiro atoms. The zero-order chi connectivity index (χ0) is 18.1. The summed E-state index contributed by atoms with van der Waals surface area (Å²) in [5, 5.41) is 6.77. The van der Waals surface area contributed by atoms with Gasteiger partial charge in [-0.1, -0.05) is 66.7 Å².